The van der Waals surface area contributed by atoms with E-state index in [0.717, 1.165) is 29.7 Å². The van der Waals surface area contributed by atoms with Crippen molar-refractivity contribution in [2.24, 2.45) is 7.05 Å². The first-order chi connectivity index (χ1) is 13.0. The first kappa shape index (κ1) is 18.1. The van der Waals surface area contributed by atoms with Crippen LogP contribution >= 0.6 is 11.3 Å². The van der Waals surface area contributed by atoms with Crippen LogP contribution in [0, 0.1) is 0 Å². The molecule has 1 aliphatic heterocycles. The highest BCUT2D eigenvalue weighted by Crippen LogP contribution is 2.34. The van der Waals surface area contributed by atoms with Gasteiger partial charge in [0.05, 0.1) is 22.9 Å². The highest BCUT2D eigenvalue weighted by Gasteiger charge is 2.28. The Morgan fingerprint density at radius 3 is 2.93 bits per heavy atom. The SMILES string of the molecule is CC(C)c1cccc2sc(N(C[C@H]3CCCO3)C(=O)c3ccn(C)n3)nc12. The lowest BCUT2D eigenvalue weighted by molar-refractivity contribution is 0.0913. The Bertz CT molecular complexity index is 956. The van der Waals surface area contributed by atoms with Crippen LogP contribution in [-0.4, -0.2) is 39.9 Å². The Labute approximate surface area is 162 Å². The van der Waals surface area contributed by atoms with Crippen molar-refractivity contribution in [3.05, 3.63) is 41.7 Å². The first-order valence-corrected chi connectivity index (χ1v) is 10.2. The molecule has 0 bridgehead atoms. The Morgan fingerprint density at radius 2 is 2.26 bits per heavy atom. The third-order valence-corrected chi connectivity index (χ3v) is 5.92. The predicted molar refractivity (Wildman–Crippen MR) is 108 cm³/mol. The number of amides is 1. The van der Waals surface area contributed by atoms with Gasteiger partial charge in [-0.3, -0.25) is 14.4 Å². The summed E-state index contributed by atoms with van der Waals surface area (Å²) in [5.74, 6) is 0.248. The topological polar surface area (TPSA) is 60.2 Å². The van der Waals surface area contributed by atoms with E-state index < -0.39 is 0 Å². The molecular weight excluding hydrogens is 360 g/mol. The van der Waals surface area contributed by atoms with Crippen molar-refractivity contribution in [3.63, 3.8) is 0 Å². The zero-order valence-corrected chi connectivity index (χ0v) is 16.7. The van der Waals surface area contributed by atoms with Crippen molar-refractivity contribution in [2.75, 3.05) is 18.1 Å². The van der Waals surface area contributed by atoms with E-state index in [1.165, 1.54) is 5.56 Å². The monoisotopic (exact) mass is 384 g/mol. The lowest BCUT2D eigenvalue weighted by Gasteiger charge is -2.22. The lowest BCUT2D eigenvalue weighted by Crippen LogP contribution is -2.37. The molecule has 1 atom stereocenters. The molecule has 4 rings (SSSR count). The molecule has 1 aliphatic rings. The molecular formula is C20H24N4O2S. The van der Waals surface area contributed by atoms with Gasteiger partial charge in [0.1, 0.15) is 0 Å². The van der Waals surface area contributed by atoms with Crippen LogP contribution in [-0.2, 0) is 11.8 Å². The van der Waals surface area contributed by atoms with Crippen molar-refractivity contribution in [1.82, 2.24) is 14.8 Å². The molecule has 1 saturated heterocycles. The third-order valence-electron chi connectivity index (χ3n) is 4.88. The molecule has 1 aromatic carbocycles. The second-order valence-electron chi connectivity index (χ2n) is 7.27. The van der Waals surface area contributed by atoms with Gasteiger partial charge < -0.3 is 4.74 Å². The molecule has 0 radical (unpaired) electrons. The highest BCUT2D eigenvalue weighted by molar-refractivity contribution is 7.22. The van der Waals surface area contributed by atoms with E-state index in [1.807, 2.05) is 7.05 Å². The van der Waals surface area contributed by atoms with Crippen LogP contribution in [0.5, 0.6) is 0 Å². The number of hydrogen-bond donors (Lipinski definition) is 0. The zero-order valence-electron chi connectivity index (χ0n) is 15.9. The number of aromatic nitrogens is 3. The van der Waals surface area contributed by atoms with E-state index in [4.69, 9.17) is 9.72 Å². The Balaban J connectivity index is 1.74. The molecule has 6 nitrogen and oxygen atoms in total. The second kappa shape index (κ2) is 7.40. The molecule has 142 valence electrons. The van der Waals surface area contributed by atoms with E-state index in [9.17, 15) is 4.79 Å². The van der Waals surface area contributed by atoms with Gasteiger partial charge in [-0.2, -0.15) is 5.10 Å². The third kappa shape index (κ3) is 3.61. The largest absolute Gasteiger partial charge is 0.376 e. The number of thiazole rings is 1. The Kier molecular flexibility index (Phi) is 4.97. The summed E-state index contributed by atoms with van der Waals surface area (Å²) in [5, 5.41) is 5.01. The van der Waals surface area contributed by atoms with Crippen molar-refractivity contribution >= 4 is 32.6 Å². The number of carbonyl (C=O) groups is 1. The minimum Gasteiger partial charge on any atom is -0.376 e. The number of para-hydroxylation sites is 1. The maximum Gasteiger partial charge on any atom is 0.280 e. The van der Waals surface area contributed by atoms with Crippen LogP contribution in [0.25, 0.3) is 10.2 Å². The molecule has 0 saturated carbocycles. The van der Waals surface area contributed by atoms with E-state index >= 15 is 0 Å². The maximum atomic E-state index is 13.2. The molecule has 1 fully saturated rings. The summed E-state index contributed by atoms with van der Waals surface area (Å²) in [6.45, 7) is 5.59. The molecule has 1 amide bonds. The average Bonchev–Trinajstić information content (AvgIpc) is 3.38. The van der Waals surface area contributed by atoms with E-state index in [1.54, 1.807) is 33.2 Å². The van der Waals surface area contributed by atoms with E-state index in [2.05, 4.69) is 37.1 Å². The molecule has 0 spiro atoms. The molecule has 3 heterocycles. The molecule has 0 unspecified atom stereocenters. The van der Waals surface area contributed by atoms with Gasteiger partial charge in [0.15, 0.2) is 10.8 Å². The molecule has 2 aromatic heterocycles. The van der Waals surface area contributed by atoms with Crippen LogP contribution in [0.1, 0.15) is 48.7 Å². The van der Waals surface area contributed by atoms with Gasteiger partial charge in [-0.05, 0) is 36.5 Å². The number of ether oxygens (including phenoxy) is 1. The Hall–Kier alpha value is -2.25. The summed E-state index contributed by atoms with van der Waals surface area (Å²) >= 11 is 1.55. The number of aryl methyl sites for hydroxylation is 1. The van der Waals surface area contributed by atoms with Crippen molar-refractivity contribution < 1.29 is 9.53 Å². The normalized spacial score (nSPS) is 17.1. The summed E-state index contributed by atoms with van der Waals surface area (Å²) in [6.07, 6.45) is 3.84. The first-order valence-electron chi connectivity index (χ1n) is 9.35. The van der Waals surface area contributed by atoms with Gasteiger partial charge in [0.25, 0.3) is 5.91 Å². The summed E-state index contributed by atoms with van der Waals surface area (Å²) in [6, 6.07) is 7.99. The van der Waals surface area contributed by atoms with E-state index in [-0.39, 0.29) is 12.0 Å². The fourth-order valence-electron chi connectivity index (χ4n) is 3.45. The molecule has 3 aromatic rings. The van der Waals surface area contributed by atoms with Crippen LogP contribution < -0.4 is 4.90 Å². The van der Waals surface area contributed by atoms with Gasteiger partial charge in [-0.25, -0.2) is 4.98 Å². The van der Waals surface area contributed by atoms with Crippen molar-refractivity contribution in [3.8, 4) is 0 Å². The summed E-state index contributed by atoms with van der Waals surface area (Å²) in [4.78, 5) is 19.8. The Morgan fingerprint density at radius 1 is 1.41 bits per heavy atom. The predicted octanol–water partition coefficient (Wildman–Crippen LogP) is 3.98. The fourth-order valence-corrected chi connectivity index (χ4v) is 4.45. The zero-order chi connectivity index (χ0) is 19.0. The van der Waals surface area contributed by atoms with Crippen LogP contribution in [0.3, 0.4) is 0 Å². The summed E-state index contributed by atoms with van der Waals surface area (Å²) in [7, 11) is 1.81. The number of benzene rings is 1. The average molecular weight is 385 g/mol. The quantitative estimate of drug-likeness (QED) is 0.668. The molecule has 0 N–H and O–H groups in total. The standard InChI is InChI=1S/C20H24N4O2S/c1-13(2)15-7-4-8-17-18(15)21-20(27-17)24(12-14-6-5-11-26-14)19(25)16-9-10-23(3)22-16/h4,7-10,13-14H,5-6,11-12H2,1-3H3/t14-/m1/s1. The number of rotatable bonds is 5. The van der Waals surface area contributed by atoms with Gasteiger partial charge in [-0.1, -0.05) is 37.3 Å². The molecule has 0 aliphatic carbocycles. The van der Waals surface area contributed by atoms with Gasteiger partial charge >= 0.3 is 0 Å². The van der Waals surface area contributed by atoms with Crippen LogP contribution in [0.15, 0.2) is 30.5 Å². The number of nitrogens with zero attached hydrogens (tertiary/aromatic N) is 4. The molecule has 27 heavy (non-hydrogen) atoms. The number of fused-ring (bicyclic) bond motifs is 1. The number of hydrogen-bond acceptors (Lipinski definition) is 5. The van der Waals surface area contributed by atoms with E-state index in [0.29, 0.717) is 23.3 Å². The number of carbonyl (C=O) groups excluding carboxylic acids is 1. The minimum absolute atomic E-state index is 0.0502. The number of anilines is 1. The van der Waals surface area contributed by atoms with Crippen molar-refractivity contribution in [2.45, 2.75) is 38.7 Å². The minimum atomic E-state index is -0.128. The summed E-state index contributed by atoms with van der Waals surface area (Å²) in [5.41, 5.74) is 2.62. The van der Waals surface area contributed by atoms with Gasteiger partial charge in [-0.15, -0.1) is 0 Å². The van der Waals surface area contributed by atoms with Gasteiger partial charge in [0, 0.05) is 19.9 Å². The second-order valence-corrected chi connectivity index (χ2v) is 8.28. The van der Waals surface area contributed by atoms with Gasteiger partial charge in [0.2, 0.25) is 0 Å². The maximum absolute atomic E-state index is 13.2. The van der Waals surface area contributed by atoms with Crippen LogP contribution in [0.2, 0.25) is 0 Å². The highest BCUT2D eigenvalue weighted by atomic mass is 32.1. The fraction of sp³-hybridized carbons (Fsp3) is 0.450. The molecule has 7 heteroatoms. The smallest absolute Gasteiger partial charge is 0.280 e. The van der Waals surface area contributed by atoms with Crippen LogP contribution in [0.4, 0.5) is 5.13 Å². The lowest BCUT2D eigenvalue weighted by atomic mass is 10.0. The van der Waals surface area contributed by atoms with Crippen molar-refractivity contribution in [1.29, 1.82) is 0 Å². The summed E-state index contributed by atoms with van der Waals surface area (Å²) < 4.78 is 8.53.